The molecule has 0 radical (unpaired) electrons. The van der Waals surface area contributed by atoms with Gasteiger partial charge >= 0.3 is 5.69 Å². The molecule has 0 saturated carbocycles. The number of aromatic nitrogens is 2. The predicted molar refractivity (Wildman–Crippen MR) is 78.9 cm³/mol. The molecule has 0 spiro atoms. The highest BCUT2D eigenvalue weighted by atomic mass is 16.1. The Morgan fingerprint density at radius 3 is 2.80 bits per heavy atom. The molecule has 5 nitrogen and oxygen atoms in total. The topological polar surface area (TPSA) is 69.8 Å². The normalized spacial score (nSPS) is 14.4. The Morgan fingerprint density at radius 1 is 1.15 bits per heavy atom. The van der Waals surface area contributed by atoms with E-state index in [1.165, 1.54) is 5.56 Å². The van der Waals surface area contributed by atoms with Crippen LogP contribution in [0, 0.1) is 0 Å². The van der Waals surface area contributed by atoms with Crippen LogP contribution < -0.4 is 16.3 Å². The number of anilines is 1. The van der Waals surface area contributed by atoms with Crippen molar-refractivity contribution in [3.05, 3.63) is 57.6 Å². The zero-order valence-electron chi connectivity index (χ0n) is 11.3. The van der Waals surface area contributed by atoms with Crippen molar-refractivity contribution in [2.24, 2.45) is 0 Å². The minimum Gasteiger partial charge on any atom is -0.366 e. The van der Waals surface area contributed by atoms with Crippen molar-refractivity contribution in [2.45, 2.75) is 19.4 Å². The van der Waals surface area contributed by atoms with Gasteiger partial charge in [-0.2, -0.15) is 4.98 Å². The lowest BCUT2D eigenvalue weighted by Crippen LogP contribution is -2.19. The van der Waals surface area contributed by atoms with Crippen LogP contribution in [0.3, 0.4) is 0 Å². The van der Waals surface area contributed by atoms with E-state index in [1.54, 1.807) is 0 Å². The molecule has 2 aromatic rings. The molecule has 3 N–H and O–H groups in total. The molecule has 0 saturated heterocycles. The van der Waals surface area contributed by atoms with E-state index in [-0.39, 0.29) is 5.69 Å². The average molecular weight is 270 g/mol. The van der Waals surface area contributed by atoms with E-state index < -0.39 is 0 Å². The molecule has 0 aliphatic carbocycles. The zero-order valence-corrected chi connectivity index (χ0v) is 11.3. The Hall–Kier alpha value is -2.14. The fraction of sp³-hybridized carbons (Fsp3) is 0.333. The van der Waals surface area contributed by atoms with Crippen LogP contribution in [0.5, 0.6) is 0 Å². The number of nitrogens with zero attached hydrogens (tertiary/aromatic N) is 1. The van der Waals surface area contributed by atoms with E-state index in [9.17, 15) is 4.79 Å². The van der Waals surface area contributed by atoms with Crippen molar-refractivity contribution in [3.8, 4) is 0 Å². The van der Waals surface area contributed by atoms with Crippen LogP contribution in [0.25, 0.3) is 0 Å². The number of rotatable bonds is 3. The summed E-state index contributed by atoms with van der Waals surface area (Å²) in [6, 6.07) is 10.1. The van der Waals surface area contributed by atoms with Gasteiger partial charge in [-0.1, -0.05) is 30.3 Å². The molecule has 1 aliphatic rings. The number of aromatic amines is 1. The van der Waals surface area contributed by atoms with Gasteiger partial charge in [0.15, 0.2) is 0 Å². The fourth-order valence-electron chi connectivity index (χ4n) is 2.51. The summed E-state index contributed by atoms with van der Waals surface area (Å²) in [6.07, 6.45) is 1.73. The highest BCUT2D eigenvalue weighted by Gasteiger charge is 2.14. The molecule has 1 aliphatic heterocycles. The second-order valence-electron chi connectivity index (χ2n) is 4.94. The van der Waals surface area contributed by atoms with E-state index >= 15 is 0 Å². The van der Waals surface area contributed by atoms with Gasteiger partial charge in [0.1, 0.15) is 5.82 Å². The first-order chi connectivity index (χ1) is 9.83. The molecule has 0 amide bonds. The van der Waals surface area contributed by atoms with Crippen molar-refractivity contribution in [1.82, 2.24) is 15.3 Å². The van der Waals surface area contributed by atoms with Crippen molar-refractivity contribution < 1.29 is 0 Å². The molecule has 0 bridgehead atoms. The third kappa shape index (κ3) is 2.88. The van der Waals surface area contributed by atoms with E-state index in [4.69, 9.17) is 0 Å². The standard InChI is InChI=1S/C15H18N4O/c20-15-18-13-7-9-16-8-6-12(13)14(19-15)17-10-11-4-2-1-3-5-11/h1-5,16H,6-10H2,(H2,17,18,19,20). The maximum atomic E-state index is 11.7. The minimum atomic E-state index is -0.277. The molecule has 0 atom stereocenters. The number of fused-ring (bicyclic) bond motifs is 1. The second kappa shape index (κ2) is 5.88. The van der Waals surface area contributed by atoms with Crippen LogP contribution >= 0.6 is 0 Å². The summed E-state index contributed by atoms with van der Waals surface area (Å²) in [6.45, 7) is 2.49. The first-order valence-electron chi connectivity index (χ1n) is 6.93. The van der Waals surface area contributed by atoms with Gasteiger partial charge in [-0.3, -0.25) is 0 Å². The van der Waals surface area contributed by atoms with E-state index in [0.29, 0.717) is 6.54 Å². The van der Waals surface area contributed by atoms with E-state index in [0.717, 1.165) is 43.0 Å². The molecule has 0 unspecified atom stereocenters. The molecule has 5 heteroatoms. The Kier molecular flexibility index (Phi) is 3.78. The summed E-state index contributed by atoms with van der Waals surface area (Å²) in [5.41, 5.74) is 3.03. The van der Waals surface area contributed by atoms with Crippen LogP contribution in [0.1, 0.15) is 16.8 Å². The molecule has 0 fully saturated rings. The maximum Gasteiger partial charge on any atom is 0.347 e. The summed E-state index contributed by atoms with van der Waals surface area (Å²) < 4.78 is 0. The smallest absolute Gasteiger partial charge is 0.347 e. The number of nitrogens with one attached hydrogen (secondary N) is 3. The summed E-state index contributed by atoms with van der Waals surface area (Å²) >= 11 is 0. The van der Waals surface area contributed by atoms with Crippen LogP contribution in [0.15, 0.2) is 35.1 Å². The third-order valence-corrected chi connectivity index (χ3v) is 3.53. The molecule has 3 rings (SSSR count). The van der Waals surface area contributed by atoms with Gasteiger partial charge in [0.25, 0.3) is 0 Å². The number of hydrogen-bond acceptors (Lipinski definition) is 4. The van der Waals surface area contributed by atoms with Crippen LogP contribution in [-0.4, -0.2) is 23.1 Å². The third-order valence-electron chi connectivity index (χ3n) is 3.53. The maximum absolute atomic E-state index is 11.7. The predicted octanol–water partition coefficient (Wildman–Crippen LogP) is 1.07. The minimum absolute atomic E-state index is 0.277. The fourth-order valence-corrected chi connectivity index (χ4v) is 2.51. The number of H-pyrrole nitrogens is 1. The van der Waals surface area contributed by atoms with Crippen molar-refractivity contribution >= 4 is 5.82 Å². The van der Waals surface area contributed by atoms with Gasteiger partial charge in [0.05, 0.1) is 0 Å². The van der Waals surface area contributed by atoms with E-state index in [1.807, 2.05) is 18.2 Å². The number of hydrogen-bond donors (Lipinski definition) is 3. The van der Waals surface area contributed by atoms with Gasteiger partial charge in [-0.05, 0) is 18.5 Å². The van der Waals surface area contributed by atoms with Gasteiger partial charge < -0.3 is 15.6 Å². The Balaban J connectivity index is 1.85. The molecular weight excluding hydrogens is 252 g/mol. The monoisotopic (exact) mass is 270 g/mol. The Bertz CT molecular complexity index is 636. The summed E-state index contributed by atoms with van der Waals surface area (Å²) in [4.78, 5) is 18.6. The molecule has 1 aromatic heterocycles. The first kappa shape index (κ1) is 12.9. The van der Waals surface area contributed by atoms with Gasteiger partial charge in [0.2, 0.25) is 0 Å². The Morgan fingerprint density at radius 2 is 1.95 bits per heavy atom. The zero-order chi connectivity index (χ0) is 13.8. The van der Waals surface area contributed by atoms with Crippen LogP contribution in [-0.2, 0) is 19.4 Å². The lowest BCUT2D eigenvalue weighted by Gasteiger charge is -2.12. The van der Waals surface area contributed by atoms with Crippen molar-refractivity contribution in [3.63, 3.8) is 0 Å². The van der Waals surface area contributed by atoms with Crippen LogP contribution in [0.2, 0.25) is 0 Å². The lowest BCUT2D eigenvalue weighted by atomic mass is 10.1. The SMILES string of the molecule is O=c1nc(NCc2ccccc2)c2c([nH]1)CCNCC2. The molecule has 2 heterocycles. The van der Waals surface area contributed by atoms with Gasteiger partial charge in [-0.15, -0.1) is 0 Å². The van der Waals surface area contributed by atoms with Crippen molar-refractivity contribution in [1.29, 1.82) is 0 Å². The molecule has 1 aromatic carbocycles. The molecule has 20 heavy (non-hydrogen) atoms. The van der Waals surface area contributed by atoms with Gasteiger partial charge in [-0.25, -0.2) is 4.79 Å². The van der Waals surface area contributed by atoms with E-state index in [2.05, 4.69) is 32.7 Å². The largest absolute Gasteiger partial charge is 0.366 e. The number of benzene rings is 1. The lowest BCUT2D eigenvalue weighted by molar-refractivity contribution is 0.708. The van der Waals surface area contributed by atoms with Gasteiger partial charge in [0, 0.05) is 30.8 Å². The summed E-state index contributed by atoms with van der Waals surface area (Å²) in [5.74, 6) is 0.719. The molecule has 104 valence electrons. The Labute approximate surface area is 117 Å². The summed E-state index contributed by atoms with van der Waals surface area (Å²) in [5, 5.41) is 6.64. The highest BCUT2D eigenvalue weighted by Crippen LogP contribution is 2.17. The average Bonchev–Trinajstić information content (AvgIpc) is 2.71. The quantitative estimate of drug-likeness (QED) is 0.780. The summed E-state index contributed by atoms with van der Waals surface area (Å²) in [7, 11) is 0. The first-order valence-corrected chi connectivity index (χ1v) is 6.93. The second-order valence-corrected chi connectivity index (χ2v) is 4.94. The van der Waals surface area contributed by atoms with Crippen molar-refractivity contribution in [2.75, 3.05) is 18.4 Å². The highest BCUT2D eigenvalue weighted by molar-refractivity contribution is 5.47. The molecular formula is C15H18N4O. The van der Waals surface area contributed by atoms with Crippen LogP contribution in [0.4, 0.5) is 5.82 Å².